The summed E-state index contributed by atoms with van der Waals surface area (Å²) in [6.07, 6.45) is 1.62. The number of methoxy groups -OCH3 is 1. The Kier molecular flexibility index (Phi) is 4.20. The zero-order valence-corrected chi connectivity index (χ0v) is 11.5. The van der Waals surface area contributed by atoms with Crippen LogP contribution in [0.15, 0.2) is 54.1 Å². The Morgan fingerprint density at radius 2 is 1.85 bits per heavy atom. The molecule has 0 aliphatic carbocycles. The Morgan fingerprint density at radius 1 is 1.15 bits per heavy atom. The van der Waals surface area contributed by atoms with E-state index in [2.05, 4.69) is 0 Å². The molecular formula is C17H16O3. The van der Waals surface area contributed by atoms with Crippen molar-refractivity contribution in [2.45, 2.75) is 6.92 Å². The van der Waals surface area contributed by atoms with Gasteiger partial charge < -0.3 is 9.84 Å². The maximum atomic E-state index is 10.8. The van der Waals surface area contributed by atoms with Crippen molar-refractivity contribution in [1.82, 2.24) is 0 Å². The van der Waals surface area contributed by atoms with E-state index in [4.69, 9.17) is 9.84 Å². The summed E-state index contributed by atoms with van der Waals surface area (Å²) in [6, 6.07) is 15.6. The lowest BCUT2D eigenvalue weighted by Crippen LogP contribution is -1.95. The van der Waals surface area contributed by atoms with Crippen LogP contribution in [-0.4, -0.2) is 18.2 Å². The summed E-state index contributed by atoms with van der Waals surface area (Å²) < 4.78 is 5.41. The molecule has 20 heavy (non-hydrogen) atoms. The number of benzene rings is 2. The van der Waals surface area contributed by atoms with E-state index in [1.54, 1.807) is 20.1 Å². The first-order valence-corrected chi connectivity index (χ1v) is 6.27. The molecule has 0 fully saturated rings. The van der Waals surface area contributed by atoms with Gasteiger partial charge in [-0.05, 0) is 30.2 Å². The van der Waals surface area contributed by atoms with Crippen LogP contribution in [0.1, 0.15) is 12.5 Å². The predicted octanol–water partition coefficient (Wildman–Crippen LogP) is 3.85. The van der Waals surface area contributed by atoms with Gasteiger partial charge in [0.05, 0.1) is 7.11 Å². The molecule has 2 aromatic rings. The molecule has 3 nitrogen and oxygen atoms in total. The SMILES string of the molecule is COc1cc(/C=C(\C)C(=O)O)ccc1-c1ccccc1. The first kappa shape index (κ1) is 13.9. The molecule has 0 atom stereocenters. The van der Waals surface area contributed by atoms with Crippen LogP contribution in [0.2, 0.25) is 0 Å². The molecule has 0 aliphatic rings. The van der Waals surface area contributed by atoms with Gasteiger partial charge in [-0.1, -0.05) is 42.5 Å². The summed E-state index contributed by atoms with van der Waals surface area (Å²) in [6.45, 7) is 1.57. The van der Waals surface area contributed by atoms with E-state index in [9.17, 15) is 4.79 Å². The lowest BCUT2D eigenvalue weighted by molar-refractivity contribution is -0.132. The molecule has 2 rings (SSSR count). The van der Waals surface area contributed by atoms with Gasteiger partial charge in [0, 0.05) is 11.1 Å². The second-order valence-corrected chi connectivity index (χ2v) is 4.46. The lowest BCUT2D eigenvalue weighted by Gasteiger charge is -2.10. The molecule has 0 heterocycles. The minimum atomic E-state index is -0.920. The normalized spacial score (nSPS) is 11.2. The van der Waals surface area contributed by atoms with Crippen LogP contribution in [0, 0.1) is 0 Å². The van der Waals surface area contributed by atoms with E-state index < -0.39 is 5.97 Å². The zero-order valence-electron chi connectivity index (χ0n) is 11.5. The van der Waals surface area contributed by atoms with Crippen molar-refractivity contribution in [2.75, 3.05) is 7.11 Å². The number of carbonyl (C=O) groups is 1. The predicted molar refractivity (Wildman–Crippen MR) is 79.7 cm³/mol. The quantitative estimate of drug-likeness (QED) is 0.857. The minimum absolute atomic E-state index is 0.291. The summed E-state index contributed by atoms with van der Waals surface area (Å²) in [5.74, 6) is -0.195. The molecule has 0 aromatic heterocycles. The number of aliphatic carboxylic acids is 1. The lowest BCUT2D eigenvalue weighted by atomic mass is 10.0. The van der Waals surface area contributed by atoms with Crippen LogP contribution < -0.4 is 4.74 Å². The maximum Gasteiger partial charge on any atom is 0.331 e. The molecule has 0 amide bonds. The molecule has 1 N–H and O–H groups in total. The summed E-state index contributed by atoms with van der Waals surface area (Å²) >= 11 is 0. The third kappa shape index (κ3) is 3.06. The number of hydrogen-bond donors (Lipinski definition) is 1. The van der Waals surface area contributed by atoms with Crippen LogP contribution in [0.3, 0.4) is 0 Å². The van der Waals surface area contributed by atoms with Crippen molar-refractivity contribution in [1.29, 1.82) is 0 Å². The molecular weight excluding hydrogens is 252 g/mol. The molecule has 0 spiro atoms. The van der Waals surface area contributed by atoms with Crippen molar-refractivity contribution < 1.29 is 14.6 Å². The first-order valence-electron chi connectivity index (χ1n) is 6.27. The van der Waals surface area contributed by atoms with Gasteiger partial charge in [-0.2, -0.15) is 0 Å². The molecule has 0 unspecified atom stereocenters. The average molecular weight is 268 g/mol. The number of ether oxygens (including phenoxy) is 1. The van der Waals surface area contributed by atoms with Crippen molar-refractivity contribution in [3.05, 3.63) is 59.7 Å². The molecule has 0 radical (unpaired) electrons. The highest BCUT2D eigenvalue weighted by Crippen LogP contribution is 2.31. The number of hydrogen-bond acceptors (Lipinski definition) is 2. The topological polar surface area (TPSA) is 46.5 Å². The van der Waals surface area contributed by atoms with Gasteiger partial charge >= 0.3 is 5.97 Å². The van der Waals surface area contributed by atoms with Gasteiger partial charge in [0.2, 0.25) is 0 Å². The van der Waals surface area contributed by atoms with Gasteiger partial charge in [0.1, 0.15) is 5.75 Å². The summed E-state index contributed by atoms with van der Waals surface area (Å²) in [5.41, 5.74) is 3.15. The molecule has 3 heteroatoms. The van der Waals surface area contributed by atoms with Crippen molar-refractivity contribution in [3.63, 3.8) is 0 Å². The standard InChI is InChI=1S/C17H16O3/c1-12(17(18)19)10-13-8-9-15(16(11-13)20-2)14-6-4-3-5-7-14/h3-11H,1-2H3,(H,18,19)/b12-10+. The molecule has 2 aromatic carbocycles. The molecule has 0 bridgehead atoms. The van der Waals surface area contributed by atoms with Crippen LogP contribution in [0.5, 0.6) is 5.75 Å². The fraction of sp³-hybridized carbons (Fsp3) is 0.118. The third-order valence-electron chi connectivity index (χ3n) is 3.03. The second-order valence-electron chi connectivity index (χ2n) is 4.46. The second kappa shape index (κ2) is 6.06. The van der Waals surface area contributed by atoms with E-state index in [1.165, 1.54) is 0 Å². The Morgan fingerprint density at radius 3 is 2.45 bits per heavy atom. The van der Waals surface area contributed by atoms with Gasteiger partial charge in [-0.15, -0.1) is 0 Å². The monoisotopic (exact) mass is 268 g/mol. The molecule has 0 saturated heterocycles. The zero-order chi connectivity index (χ0) is 14.5. The molecule has 0 aliphatic heterocycles. The van der Waals surface area contributed by atoms with Crippen molar-refractivity contribution in [3.8, 4) is 16.9 Å². The third-order valence-corrected chi connectivity index (χ3v) is 3.03. The van der Waals surface area contributed by atoms with E-state index in [0.29, 0.717) is 5.57 Å². The van der Waals surface area contributed by atoms with Gasteiger partial charge in [0.15, 0.2) is 0 Å². The van der Waals surface area contributed by atoms with Crippen LogP contribution in [0.4, 0.5) is 0 Å². The van der Waals surface area contributed by atoms with Crippen molar-refractivity contribution in [2.24, 2.45) is 0 Å². The number of rotatable bonds is 4. The first-order chi connectivity index (χ1) is 9.61. The van der Waals surface area contributed by atoms with Crippen LogP contribution >= 0.6 is 0 Å². The smallest absolute Gasteiger partial charge is 0.331 e. The summed E-state index contributed by atoms with van der Waals surface area (Å²) in [7, 11) is 1.61. The van der Waals surface area contributed by atoms with Gasteiger partial charge in [-0.3, -0.25) is 0 Å². The number of carboxylic acid groups (broad SMARTS) is 1. The fourth-order valence-electron chi connectivity index (χ4n) is 1.97. The Hall–Kier alpha value is -2.55. The van der Waals surface area contributed by atoms with E-state index in [-0.39, 0.29) is 0 Å². The summed E-state index contributed by atoms with van der Waals surface area (Å²) in [5, 5.41) is 8.90. The summed E-state index contributed by atoms with van der Waals surface area (Å²) in [4.78, 5) is 10.8. The van der Waals surface area contributed by atoms with Gasteiger partial charge in [0.25, 0.3) is 0 Å². The largest absolute Gasteiger partial charge is 0.496 e. The number of carboxylic acids is 1. The highest BCUT2D eigenvalue weighted by molar-refractivity contribution is 5.91. The highest BCUT2D eigenvalue weighted by atomic mass is 16.5. The van der Waals surface area contributed by atoms with E-state index >= 15 is 0 Å². The average Bonchev–Trinajstić information content (AvgIpc) is 2.47. The highest BCUT2D eigenvalue weighted by Gasteiger charge is 2.07. The fourth-order valence-corrected chi connectivity index (χ4v) is 1.97. The van der Waals surface area contributed by atoms with E-state index in [1.807, 2.05) is 48.5 Å². The maximum absolute atomic E-state index is 10.8. The van der Waals surface area contributed by atoms with E-state index in [0.717, 1.165) is 22.4 Å². The Labute approximate surface area is 118 Å². The van der Waals surface area contributed by atoms with Crippen LogP contribution in [0.25, 0.3) is 17.2 Å². The molecule has 102 valence electrons. The minimum Gasteiger partial charge on any atom is -0.496 e. The van der Waals surface area contributed by atoms with Crippen LogP contribution in [-0.2, 0) is 4.79 Å². The Bertz CT molecular complexity index is 643. The van der Waals surface area contributed by atoms with Gasteiger partial charge in [-0.25, -0.2) is 4.79 Å². The molecule has 0 saturated carbocycles. The van der Waals surface area contributed by atoms with Crippen molar-refractivity contribution >= 4 is 12.0 Å². The Balaban J connectivity index is 2.44.